The number of nitrogens with two attached hydrogens (primary N) is 1. The lowest BCUT2D eigenvalue weighted by atomic mass is 10.0. The zero-order chi connectivity index (χ0) is 20.1. The maximum atomic E-state index is 11.2. The Bertz CT molecular complexity index is 951. The molecule has 1 aliphatic rings. The van der Waals surface area contributed by atoms with Crippen LogP contribution in [0.15, 0.2) is 67.0 Å². The Morgan fingerprint density at radius 1 is 1.03 bits per heavy atom. The van der Waals surface area contributed by atoms with E-state index in [0.717, 1.165) is 49.6 Å². The SMILES string of the molecule is NC(=O)c1ccc(-c2cc(NC3CCN(Cc4ccccc4)CC3)ncn2)cc1. The number of anilines is 1. The summed E-state index contributed by atoms with van der Waals surface area (Å²) in [6, 6.07) is 20.1. The number of likely N-dealkylation sites (tertiary alicyclic amines) is 1. The van der Waals surface area contributed by atoms with Gasteiger partial charge >= 0.3 is 0 Å². The van der Waals surface area contributed by atoms with Gasteiger partial charge in [0.15, 0.2) is 0 Å². The first-order valence-corrected chi connectivity index (χ1v) is 9.92. The van der Waals surface area contributed by atoms with Crippen molar-refractivity contribution < 1.29 is 4.79 Å². The molecule has 4 rings (SSSR count). The Kier molecular flexibility index (Phi) is 5.81. The van der Waals surface area contributed by atoms with E-state index in [4.69, 9.17) is 5.73 Å². The van der Waals surface area contributed by atoms with Crippen LogP contribution in [0.1, 0.15) is 28.8 Å². The van der Waals surface area contributed by atoms with Gasteiger partial charge in [-0.2, -0.15) is 0 Å². The quantitative estimate of drug-likeness (QED) is 0.678. The standard InChI is InChI=1S/C23H25N5O/c24-23(29)19-8-6-18(7-9-19)21-14-22(26-16-25-21)27-20-10-12-28(13-11-20)15-17-4-2-1-3-5-17/h1-9,14,16,20H,10-13,15H2,(H2,24,29)(H,25,26,27). The highest BCUT2D eigenvalue weighted by atomic mass is 16.1. The average molecular weight is 387 g/mol. The number of amides is 1. The Morgan fingerprint density at radius 3 is 2.45 bits per heavy atom. The van der Waals surface area contributed by atoms with Crippen LogP contribution in [0.25, 0.3) is 11.3 Å². The van der Waals surface area contributed by atoms with Crippen molar-refractivity contribution in [1.82, 2.24) is 14.9 Å². The highest BCUT2D eigenvalue weighted by Gasteiger charge is 2.19. The number of aromatic nitrogens is 2. The predicted molar refractivity (Wildman–Crippen MR) is 114 cm³/mol. The number of carbonyl (C=O) groups is 1. The summed E-state index contributed by atoms with van der Waals surface area (Å²) >= 11 is 0. The number of nitrogens with one attached hydrogen (secondary N) is 1. The molecule has 0 atom stereocenters. The van der Waals surface area contributed by atoms with Crippen LogP contribution in [0.5, 0.6) is 0 Å². The van der Waals surface area contributed by atoms with Gasteiger partial charge in [0.1, 0.15) is 12.1 Å². The second-order valence-corrected chi connectivity index (χ2v) is 7.41. The molecule has 1 amide bonds. The maximum absolute atomic E-state index is 11.2. The van der Waals surface area contributed by atoms with E-state index < -0.39 is 5.91 Å². The van der Waals surface area contributed by atoms with Gasteiger partial charge in [-0.25, -0.2) is 9.97 Å². The Balaban J connectivity index is 1.34. The number of carbonyl (C=O) groups excluding carboxylic acids is 1. The molecule has 3 aromatic rings. The fraction of sp³-hybridized carbons (Fsp3) is 0.261. The van der Waals surface area contributed by atoms with E-state index >= 15 is 0 Å². The molecule has 0 unspecified atom stereocenters. The summed E-state index contributed by atoms with van der Waals surface area (Å²) in [4.78, 5) is 22.5. The van der Waals surface area contributed by atoms with E-state index in [-0.39, 0.29) is 0 Å². The van der Waals surface area contributed by atoms with Crippen LogP contribution in [0.4, 0.5) is 5.82 Å². The number of primary amides is 1. The molecule has 1 aliphatic heterocycles. The molecule has 6 nitrogen and oxygen atoms in total. The van der Waals surface area contributed by atoms with Crippen LogP contribution in [-0.2, 0) is 6.54 Å². The van der Waals surface area contributed by atoms with Crippen molar-refractivity contribution in [2.45, 2.75) is 25.4 Å². The average Bonchev–Trinajstić information content (AvgIpc) is 2.76. The smallest absolute Gasteiger partial charge is 0.248 e. The van der Waals surface area contributed by atoms with Crippen molar-refractivity contribution in [3.05, 3.63) is 78.1 Å². The molecule has 6 heteroatoms. The normalized spacial score (nSPS) is 15.2. The largest absolute Gasteiger partial charge is 0.367 e. The molecular weight excluding hydrogens is 362 g/mol. The van der Waals surface area contributed by atoms with E-state index in [0.29, 0.717) is 11.6 Å². The van der Waals surface area contributed by atoms with Crippen molar-refractivity contribution in [3.63, 3.8) is 0 Å². The Morgan fingerprint density at radius 2 is 1.76 bits per heavy atom. The van der Waals surface area contributed by atoms with Crippen LogP contribution in [0, 0.1) is 0 Å². The minimum absolute atomic E-state index is 0.405. The van der Waals surface area contributed by atoms with Gasteiger partial charge in [-0.1, -0.05) is 42.5 Å². The van der Waals surface area contributed by atoms with E-state index in [1.54, 1.807) is 18.5 Å². The van der Waals surface area contributed by atoms with Crippen molar-refractivity contribution in [2.75, 3.05) is 18.4 Å². The number of rotatable bonds is 6. The van der Waals surface area contributed by atoms with Crippen LogP contribution in [-0.4, -0.2) is 39.9 Å². The first-order valence-electron chi connectivity index (χ1n) is 9.92. The van der Waals surface area contributed by atoms with Crippen LogP contribution < -0.4 is 11.1 Å². The zero-order valence-electron chi connectivity index (χ0n) is 16.3. The molecular formula is C23H25N5O. The summed E-state index contributed by atoms with van der Waals surface area (Å²) in [7, 11) is 0. The summed E-state index contributed by atoms with van der Waals surface area (Å²) in [6.07, 6.45) is 3.74. The third-order valence-corrected chi connectivity index (χ3v) is 5.32. The molecule has 3 N–H and O–H groups in total. The van der Waals surface area contributed by atoms with Gasteiger partial charge in [0, 0.05) is 42.9 Å². The molecule has 1 aromatic heterocycles. The van der Waals surface area contributed by atoms with Crippen molar-refractivity contribution in [2.24, 2.45) is 5.73 Å². The second-order valence-electron chi connectivity index (χ2n) is 7.41. The highest BCUT2D eigenvalue weighted by molar-refractivity contribution is 5.93. The summed E-state index contributed by atoms with van der Waals surface area (Å²) in [6.45, 7) is 3.14. The summed E-state index contributed by atoms with van der Waals surface area (Å²) in [5.41, 5.74) is 8.91. The zero-order valence-corrected chi connectivity index (χ0v) is 16.3. The van der Waals surface area contributed by atoms with E-state index in [2.05, 4.69) is 50.5 Å². The molecule has 148 valence electrons. The number of benzene rings is 2. The fourth-order valence-electron chi connectivity index (χ4n) is 3.69. The topological polar surface area (TPSA) is 84.1 Å². The van der Waals surface area contributed by atoms with Crippen LogP contribution in [0.2, 0.25) is 0 Å². The van der Waals surface area contributed by atoms with Gasteiger partial charge in [-0.05, 0) is 30.5 Å². The van der Waals surface area contributed by atoms with Gasteiger partial charge in [0.05, 0.1) is 5.69 Å². The Labute approximate surface area is 170 Å². The molecule has 0 spiro atoms. The first-order chi connectivity index (χ1) is 14.2. The van der Waals surface area contributed by atoms with E-state index in [1.165, 1.54) is 5.56 Å². The molecule has 0 aliphatic carbocycles. The van der Waals surface area contributed by atoms with Crippen LogP contribution in [0.3, 0.4) is 0 Å². The molecule has 0 saturated carbocycles. The van der Waals surface area contributed by atoms with Crippen molar-refractivity contribution >= 4 is 11.7 Å². The molecule has 0 bridgehead atoms. The van der Waals surface area contributed by atoms with Gasteiger partial charge in [0.2, 0.25) is 5.91 Å². The van der Waals surface area contributed by atoms with Gasteiger partial charge < -0.3 is 11.1 Å². The van der Waals surface area contributed by atoms with Crippen molar-refractivity contribution in [1.29, 1.82) is 0 Å². The fourth-order valence-corrected chi connectivity index (χ4v) is 3.69. The predicted octanol–water partition coefficient (Wildman–Crippen LogP) is 3.32. The van der Waals surface area contributed by atoms with Gasteiger partial charge in [-0.3, -0.25) is 9.69 Å². The van der Waals surface area contributed by atoms with Crippen molar-refractivity contribution in [3.8, 4) is 11.3 Å². The molecule has 1 fully saturated rings. The molecule has 0 radical (unpaired) electrons. The highest BCUT2D eigenvalue weighted by Crippen LogP contribution is 2.22. The monoisotopic (exact) mass is 387 g/mol. The third kappa shape index (κ3) is 4.97. The molecule has 1 saturated heterocycles. The summed E-state index contributed by atoms with van der Waals surface area (Å²) < 4.78 is 0. The minimum atomic E-state index is -0.430. The van der Waals surface area contributed by atoms with E-state index in [1.807, 2.05) is 18.2 Å². The number of nitrogens with zero attached hydrogens (tertiary/aromatic N) is 3. The first kappa shape index (κ1) is 19.1. The summed E-state index contributed by atoms with van der Waals surface area (Å²) in [5.74, 6) is 0.399. The van der Waals surface area contributed by atoms with Gasteiger partial charge in [-0.15, -0.1) is 0 Å². The number of hydrogen-bond acceptors (Lipinski definition) is 5. The second kappa shape index (κ2) is 8.84. The number of hydrogen-bond donors (Lipinski definition) is 2. The Hall–Kier alpha value is -3.25. The van der Waals surface area contributed by atoms with E-state index in [9.17, 15) is 4.79 Å². The van der Waals surface area contributed by atoms with Crippen LogP contribution >= 0.6 is 0 Å². The van der Waals surface area contributed by atoms with Gasteiger partial charge in [0.25, 0.3) is 0 Å². The summed E-state index contributed by atoms with van der Waals surface area (Å²) in [5, 5.41) is 3.55. The number of piperidine rings is 1. The molecule has 2 aromatic carbocycles. The molecule has 29 heavy (non-hydrogen) atoms. The minimum Gasteiger partial charge on any atom is -0.367 e. The lowest BCUT2D eigenvalue weighted by Crippen LogP contribution is -2.38. The maximum Gasteiger partial charge on any atom is 0.248 e. The lowest BCUT2D eigenvalue weighted by molar-refractivity contribution is 0.100. The molecule has 2 heterocycles. The lowest BCUT2D eigenvalue weighted by Gasteiger charge is -2.32. The third-order valence-electron chi connectivity index (χ3n) is 5.32.